The van der Waals surface area contributed by atoms with Crippen molar-refractivity contribution in [3.63, 3.8) is 0 Å². The average Bonchev–Trinajstić information content (AvgIpc) is 2.60. The number of aryl methyl sites for hydroxylation is 2. The lowest BCUT2D eigenvalue weighted by Crippen LogP contribution is -2.26. The Morgan fingerprint density at radius 1 is 1.21 bits per heavy atom. The lowest BCUT2D eigenvalue weighted by atomic mass is 10.1. The van der Waals surface area contributed by atoms with Gasteiger partial charge in [-0.3, -0.25) is 0 Å². The van der Waals surface area contributed by atoms with Gasteiger partial charge in [-0.25, -0.2) is 0 Å². The summed E-state index contributed by atoms with van der Waals surface area (Å²) in [7, 11) is 0. The molecule has 2 aromatic rings. The van der Waals surface area contributed by atoms with E-state index < -0.39 is 0 Å². The lowest BCUT2D eigenvalue weighted by molar-refractivity contribution is 0.625. The number of rotatable bonds is 2. The molecule has 0 spiro atoms. The van der Waals surface area contributed by atoms with Crippen LogP contribution in [0.2, 0.25) is 0 Å². The molecule has 19 heavy (non-hydrogen) atoms. The minimum atomic E-state index is -0.0970. The molecule has 3 N–H and O–H groups in total. The van der Waals surface area contributed by atoms with E-state index in [1.807, 2.05) is 13.8 Å². The zero-order chi connectivity index (χ0) is 14.2. The summed E-state index contributed by atoms with van der Waals surface area (Å²) in [5.74, 6) is 0.936. The first-order valence-corrected chi connectivity index (χ1v) is 6.34. The van der Waals surface area contributed by atoms with Gasteiger partial charge in [-0.2, -0.15) is 9.67 Å². The van der Waals surface area contributed by atoms with E-state index in [9.17, 15) is 0 Å². The van der Waals surface area contributed by atoms with Gasteiger partial charge >= 0.3 is 0 Å². The minimum absolute atomic E-state index is 0.0970. The number of nitrogens with two attached hydrogens (primary N) is 1. The molecule has 0 amide bonds. The summed E-state index contributed by atoms with van der Waals surface area (Å²) in [5, 5.41) is 7.66. The molecule has 5 heteroatoms. The molecule has 0 atom stereocenters. The first kappa shape index (κ1) is 13.4. The summed E-state index contributed by atoms with van der Waals surface area (Å²) in [6.45, 7) is 10.3. The van der Waals surface area contributed by atoms with Crippen LogP contribution >= 0.6 is 0 Å². The monoisotopic (exact) mass is 259 g/mol. The van der Waals surface area contributed by atoms with Crippen molar-refractivity contribution in [1.82, 2.24) is 14.8 Å². The average molecular weight is 259 g/mol. The smallest absolute Gasteiger partial charge is 0.244 e. The Kier molecular flexibility index (Phi) is 3.22. The first-order valence-electron chi connectivity index (χ1n) is 6.34. The number of nitrogens with zero attached hydrogens (tertiary/aromatic N) is 3. The number of anilines is 2. The molecular formula is C14H21N5. The van der Waals surface area contributed by atoms with Gasteiger partial charge in [-0.15, -0.1) is 5.10 Å². The van der Waals surface area contributed by atoms with E-state index in [0.717, 1.165) is 11.3 Å². The molecule has 0 saturated carbocycles. The Morgan fingerprint density at radius 3 is 2.53 bits per heavy atom. The number of benzene rings is 1. The molecular weight excluding hydrogens is 238 g/mol. The van der Waals surface area contributed by atoms with Crippen LogP contribution in [0.5, 0.6) is 0 Å². The Morgan fingerprint density at radius 2 is 1.89 bits per heavy atom. The standard InChI is InChI=1S/C14H21N5/c1-9-6-7-10(2)11(8-9)19-12(15)16-13(18-19)17-14(3,4)5/h6-8H,1-5H3,(H3,15,16,17,18). The third-order valence-electron chi connectivity index (χ3n) is 2.71. The normalized spacial score (nSPS) is 11.6. The molecule has 0 aliphatic carbocycles. The number of nitrogen functional groups attached to an aromatic ring is 1. The highest BCUT2D eigenvalue weighted by Crippen LogP contribution is 2.20. The Hall–Kier alpha value is -2.04. The first-order chi connectivity index (χ1) is 8.76. The molecule has 0 aliphatic rings. The molecule has 0 fully saturated rings. The van der Waals surface area contributed by atoms with Crippen molar-refractivity contribution in [2.24, 2.45) is 0 Å². The summed E-state index contributed by atoms with van der Waals surface area (Å²) >= 11 is 0. The van der Waals surface area contributed by atoms with Crippen molar-refractivity contribution in [2.45, 2.75) is 40.2 Å². The fraction of sp³-hybridized carbons (Fsp3) is 0.429. The summed E-state index contributed by atoms with van der Waals surface area (Å²) in [6, 6.07) is 6.18. The van der Waals surface area contributed by atoms with Crippen LogP contribution in [-0.4, -0.2) is 20.3 Å². The van der Waals surface area contributed by atoms with E-state index in [1.165, 1.54) is 5.56 Å². The van der Waals surface area contributed by atoms with Gasteiger partial charge in [-0.05, 0) is 51.8 Å². The van der Waals surface area contributed by atoms with Crippen molar-refractivity contribution in [2.75, 3.05) is 11.1 Å². The minimum Gasteiger partial charge on any atom is -0.368 e. The van der Waals surface area contributed by atoms with Gasteiger partial charge in [0.05, 0.1) is 5.69 Å². The van der Waals surface area contributed by atoms with Crippen LogP contribution < -0.4 is 11.1 Å². The van der Waals surface area contributed by atoms with Crippen LogP contribution in [0.3, 0.4) is 0 Å². The van der Waals surface area contributed by atoms with E-state index >= 15 is 0 Å². The molecule has 1 aromatic heterocycles. The third kappa shape index (κ3) is 3.05. The zero-order valence-electron chi connectivity index (χ0n) is 12.2. The predicted octanol–water partition coefficient (Wildman–Crippen LogP) is 2.68. The van der Waals surface area contributed by atoms with Crippen molar-refractivity contribution in [3.05, 3.63) is 29.3 Å². The SMILES string of the molecule is Cc1ccc(C)c(-n2nc(NC(C)(C)C)nc2N)c1. The number of hydrogen-bond donors (Lipinski definition) is 2. The van der Waals surface area contributed by atoms with Crippen LogP contribution in [0.4, 0.5) is 11.9 Å². The molecule has 0 radical (unpaired) electrons. The van der Waals surface area contributed by atoms with Crippen LogP contribution in [0.15, 0.2) is 18.2 Å². The Balaban J connectivity index is 2.43. The summed E-state index contributed by atoms with van der Waals surface area (Å²) in [5.41, 5.74) is 9.11. The fourth-order valence-electron chi connectivity index (χ4n) is 1.84. The van der Waals surface area contributed by atoms with Crippen molar-refractivity contribution >= 4 is 11.9 Å². The number of hydrogen-bond acceptors (Lipinski definition) is 4. The molecule has 1 aromatic carbocycles. The maximum absolute atomic E-state index is 5.96. The van der Waals surface area contributed by atoms with Gasteiger partial charge < -0.3 is 11.1 Å². The second-order valence-corrected chi connectivity index (χ2v) is 5.87. The summed E-state index contributed by atoms with van der Waals surface area (Å²) in [6.07, 6.45) is 0. The molecule has 0 saturated heterocycles. The van der Waals surface area contributed by atoms with Crippen LogP contribution in [0.1, 0.15) is 31.9 Å². The van der Waals surface area contributed by atoms with Gasteiger partial charge in [0.15, 0.2) is 0 Å². The Labute approximate surface area is 113 Å². The van der Waals surface area contributed by atoms with Gasteiger partial charge in [0.1, 0.15) is 0 Å². The zero-order valence-corrected chi connectivity index (χ0v) is 12.2. The van der Waals surface area contributed by atoms with Crippen LogP contribution in [-0.2, 0) is 0 Å². The summed E-state index contributed by atoms with van der Waals surface area (Å²) in [4.78, 5) is 4.26. The fourth-order valence-corrected chi connectivity index (χ4v) is 1.84. The molecule has 5 nitrogen and oxygen atoms in total. The molecule has 102 valence electrons. The molecule has 1 heterocycles. The highest BCUT2D eigenvalue weighted by Gasteiger charge is 2.16. The molecule has 2 rings (SSSR count). The van der Waals surface area contributed by atoms with E-state index in [1.54, 1.807) is 4.68 Å². The van der Waals surface area contributed by atoms with Gasteiger partial charge in [0.2, 0.25) is 11.9 Å². The van der Waals surface area contributed by atoms with Crippen LogP contribution in [0.25, 0.3) is 5.69 Å². The van der Waals surface area contributed by atoms with E-state index in [2.05, 4.69) is 54.4 Å². The van der Waals surface area contributed by atoms with E-state index in [4.69, 9.17) is 5.73 Å². The largest absolute Gasteiger partial charge is 0.368 e. The van der Waals surface area contributed by atoms with Crippen molar-refractivity contribution in [3.8, 4) is 5.69 Å². The maximum atomic E-state index is 5.96. The van der Waals surface area contributed by atoms with Gasteiger partial charge in [-0.1, -0.05) is 12.1 Å². The molecule has 0 bridgehead atoms. The predicted molar refractivity (Wildman–Crippen MR) is 78.6 cm³/mol. The van der Waals surface area contributed by atoms with Crippen LogP contribution in [0, 0.1) is 13.8 Å². The highest BCUT2D eigenvalue weighted by atomic mass is 15.4. The highest BCUT2D eigenvalue weighted by molar-refractivity contribution is 5.48. The van der Waals surface area contributed by atoms with Gasteiger partial charge in [0.25, 0.3) is 0 Å². The second-order valence-electron chi connectivity index (χ2n) is 5.87. The lowest BCUT2D eigenvalue weighted by Gasteiger charge is -2.18. The maximum Gasteiger partial charge on any atom is 0.244 e. The van der Waals surface area contributed by atoms with Crippen molar-refractivity contribution < 1.29 is 0 Å². The number of nitrogens with one attached hydrogen (secondary N) is 1. The molecule has 0 aliphatic heterocycles. The van der Waals surface area contributed by atoms with Crippen molar-refractivity contribution in [1.29, 1.82) is 0 Å². The number of aromatic nitrogens is 3. The second kappa shape index (κ2) is 4.57. The van der Waals surface area contributed by atoms with E-state index in [-0.39, 0.29) is 5.54 Å². The molecule has 0 unspecified atom stereocenters. The van der Waals surface area contributed by atoms with Gasteiger partial charge in [0, 0.05) is 5.54 Å². The Bertz CT molecular complexity index is 592. The topological polar surface area (TPSA) is 68.8 Å². The third-order valence-corrected chi connectivity index (χ3v) is 2.71. The summed E-state index contributed by atoms with van der Waals surface area (Å²) < 4.78 is 1.68. The quantitative estimate of drug-likeness (QED) is 0.870. The van der Waals surface area contributed by atoms with E-state index in [0.29, 0.717) is 11.9 Å².